The lowest BCUT2D eigenvalue weighted by atomic mass is 10.0. The molecule has 10 nitrogen and oxygen atoms in total. The molecule has 1 aromatic rings. The maximum atomic E-state index is 12.7. The fourth-order valence-electron chi connectivity index (χ4n) is 3.71. The molecule has 3 heterocycles. The first-order valence-corrected chi connectivity index (χ1v) is 10.2. The van der Waals surface area contributed by atoms with E-state index in [4.69, 9.17) is 9.47 Å². The number of carbonyl (C=O) groups excluding carboxylic acids is 2. The smallest absolute Gasteiger partial charge is 0.328 e. The molecule has 10 heteroatoms. The summed E-state index contributed by atoms with van der Waals surface area (Å²) >= 11 is 0. The Kier molecular flexibility index (Phi) is 7.72. The molecule has 0 aromatic carbocycles. The minimum atomic E-state index is -0.439. The highest BCUT2D eigenvalue weighted by atomic mass is 16.5. The molecule has 0 bridgehead atoms. The highest BCUT2D eigenvalue weighted by Crippen LogP contribution is 2.20. The van der Waals surface area contributed by atoms with E-state index in [2.05, 4.69) is 20.4 Å². The summed E-state index contributed by atoms with van der Waals surface area (Å²) in [4.78, 5) is 28.8. The molecular weight excluding hydrogens is 364 g/mol. The number of morpholine rings is 1. The van der Waals surface area contributed by atoms with Crippen molar-refractivity contribution >= 4 is 11.9 Å². The summed E-state index contributed by atoms with van der Waals surface area (Å²) < 4.78 is 12.3. The number of amides is 1. The van der Waals surface area contributed by atoms with Crippen molar-refractivity contribution < 1.29 is 19.1 Å². The van der Waals surface area contributed by atoms with Gasteiger partial charge in [-0.05, 0) is 43.0 Å². The number of rotatable bonds is 8. The molecule has 0 spiro atoms. The van der Waals surface area contributed by atoms with Crippen LogP contribution in [0.5, 0.6) is 0 Å². The van der Waals surface area contributed by atoms with Crippen LogP contribution < -0.4 is 0 Å². The Balaban J connectivity index is 1.48. The molecule has 1 atom stereocenters. The van der Waals surface area contributed by atoms with Crippen molar-refractivity contribution in [3.05, 3.63) is 5.82 Å². The van der Waals surface area contributed by atoms with Gasteiger partial charge in [-0.25, -0.2) is 9.48 Å². The summed E-state index contributed by atoms with van der Waals surface area (Å²) in [5, 5.41) is 12.0. The Morgan fingerprint density at radius 3 is 2.82 bits per heavy atom. The Hall–Kier alpha value is -2.07. The van der Waals surface area contributed by atoms with Gasteiger partial charge >= 0.3 is 5.97 Å². The van der Waals surface area contributed by atoms with Gasteiger partial charge < -0.3 is 14.4 Å². The Bertz CT molecular complexity index is 646. The van der Waals surface area contributed by atoms with Gasteiger partial charge in [0, 0.05) is 32.6 Å². The van der Waals surface area contributed by atoms with E-state index in [0.717, 1.165) is 45.0 Å². The van der Waals surface area contributed by atoms with Crippen LogP contribution in [-0.4, -0.2) is 87.4 Å². The Labute approximate surface area is 165 Å². The summed E-state index contributed by atoms with van der Waals surface area (Å²) in [6.07, 6.45) is 3.56. The third-order valence-corrected chi connectivity index (χ3v) is 5.22. The average molecular weight is 394 g/mol. The summed E-state index contributed by atoms with van der Waals surface area (Å²) in [6.45, 7) is 7.20. The minimum absolute atomic E-state index is 0.000516. The second kappa shape index (κ2) is 10.5. The number of hydrogen-bond donors (Lipinski definition) is 0. The summed E-state index contributed by atoms with van der Waals surface area (Å²) in [5.74, 6) is 0.515. The molecule has 2 fully saturated rings. The second-order valence-corrected chi connectivity index (χ2v) is 7.16. The van der Waals surface area contributed by atoms with Crippen molar-refractivity contribution in [3.63, 3.8) is 0 Å². The van der Waals surface area contributed by atoms with Crippen LogP contribution in [0.2, 0.25) is 0 Å². The van der Waals surface area contributed by atoms with Crippen molar-refractivity contribution in [1.29, 1.82) is 0 Å². The average Bonchev–Trinajstić information content (AvgIpc) is 3.15. The fourth-order valence-corrected chi connectivity index (χ4v) is 3.71. The molecule has 0 saturated carbocycles. The van der Waals surface area contributed by atoms with Crippen LogP contribution >= 0.6 is 0 Å². The van der Waals surface area contributed by atoms with Crippen molar-refractivity contribution in [1.82, 2.24) is 30.0 Å². The lowest BCUT2D eigenvalue weighted by Crippen LogP contribution is -2.48. The molecule has 0 N–H and O–H groups in total. The zero-order valence-electron chi connectivity index (χ0n) is 16.6. The van der Waals surface area contributed by atoms with Crippen LogP contribution in [0.15, 0.2) is 0 Å². The van der Waals surface area contributed by atoms with Crippen LogP contribution in [0.25, 0.3) is 0 Å². The van der Waals surface area contributed by atoms with E-state index in [-0.39, 0.29) is 11.9 Å². The van der Waals surface area contributed by atoms with Crippen molar-refractivity contribution in [2.45, 2.75) is 58.2 Å². The summed E-state index contributed by atoms with van der Waals surface area (Å²) in [6, 6.07) is -0.439. The number of tetrazole rings is 1. The first-order chi connectivity index (χ1) is 13.7. The lowest BCUT2D eigenvalue weighted by molar-refractivity contribution is -0.156. The SMILES string of the molecule is CCOC(=O)[C@H]1CCCCN1C(=O)CCCn1nnnc1CN1CCOCC1. The molecule has 28 heavy (non-hydrogen) atoms. The number of nitrogens with zero attached hydrogens (tertiary/aromatic N) is 6. The third-order valence-electron chi connectivity index (χ3n) is 5.22. The van der Waals surface area contributed by atoms with E-state index in [1.54, 1.807) is 16.5 Å². The number of hydrogen-bond acceptors (Lipinski definition) is 8. The van der Waals surface area contributed by atoms with Gasteiger partial charge in [0.05, 0.1) is 26.4 Å². The highest BCUT2D eigenvalue weighted by Gasteiger charge is 2.32. The molecule has 1 aromatic heterocycles. The molecule has 2 aliphatic heterocycles. The largest absolute Gasteiger partial charge is 0.464 e. The third kappa shape index (κ3) is 5.48. The van der Waals surface area contributed by atoms with Gasteiger partial charge in [0.15, 0.2) is 5.82 Å². The maximum absolute atomic E-state index is 12.7. The normalized spacial score (nSPS) is 20.9. The molecule has 2 saturated heterocycles. The quantitative estimate of drug-likeness (QED) is 0.578. The molecule has 0 aliphatic carbocycles. The molecule has 0 unspecified atom stereocenters. The van der Waals surface area contributed by atoms with Crippen LogP contribution in [0, 0.1) is 0 Å². The molecule has 156 valence electrons. The van der Waals surface area contributed by atoms with Gasteiger partial charge in [0.1, 0.15) is 6.04 Å². The monoisotopic (exact) mass is 394 g/mol. The van der Waals surface area contributed by atoms with Gasteiger partial charge in [-0.1, -0.05) is 0 Å². The number of carbonyl (C=O) groups is 2. The molecule has 0 radical (unpaired) electrons. The van der Waals surface area contributed by atoms with E-state index >= 15 is 0 Å². The summed E-state index contributed by atoms with van der Waals surface area (Å²) in [5.41, 5.74) is 0. The number of ether oxygens (including phenoxy) is 2. The van der Waals surface area contributed by atoms with Gasteiger partial charge in [-0.15, -0.1) is 5.10 Å². The van der Waals surface area contributed by atoms with Crippen LogP contribution in [0.1, 0.15) is 44.9 Å². The van der Waals surface area contributed by atoms with Gasteiger partial charge in [0.25, 0.3) is 0 Å². The van der Waals surface area contributed by atoms with Gasteiger partial charge in [0.2, 0.25) is 5.91 Å². The van der Waals surface area contributed by atoms with E-state index in [1.807, 2.05) is 0 Å². The molecule has 3 rings (SSSR count). The van der Waals surface area contributed by atoms with E-state index < -0.39 is 6.04 Å². The number of aryl methyl sites for hydroxylation is 1. The lowest BCUT2D eigenvalue weighted by Gasteiger charge is -2.34. The second-order valence-electron chi connectivity index (χ2n) is 7.16. The van der Waals surface area contributed by atoms with Crippen LogP contribution in [0.4, 0.5) is 0 Å². The van der Waals surface area contributed by atoms with Crippen molar-refractivity contribution in [2.75, 3.05) is 39.5 Å². The zero-order chi connectivity index (χ0) is 19.8. The van der Waals surface area contributed by atoms with Gasteiger partial charge in [-0.3, -0.25) is 9.69 Å². The predicted molar refractivity (Wildman–Crippen MR) is 99.1 cm³/mol. The topological polar surface area (TPSA) is 103 Å². The predicted octanol–water partition coefficient (Wildman–Crippen LogP) is 0.230. The molecular formula is C18H30N6O4. The maximum Gasteiger partial charge on any atom is 0.328 e. The number of piperidine rings is 1. The number of esters is 1. The Morgan fingerprint density at radius 1 is 1.21 bits per heavy atom. The van der Waals surface area contributed by atoms with Gasteiger partial charge in [-0.2, -0.15) is 0 Å². The minimum Gasteiger partial charge on any atom is -0.464 e. The van der Waals surface area contributed by atoms with E-state index in [9.17, 15) is 9.59 Å². The number of likely N-dealkylation sites (tertiary alicyclic amines) is 1. The zero-order valence-corrected chi connectivity index (χ0v) is 16.6. The fraction of sp³-hybridized carbons (Fsp3) is 0.833. The summed E-state index contributed by atoms with van der Waals surface area (Å²) in [7, 11) is 0. The van der Waals surface area contributed by atoms with Crippen LogP contribution in [-0.2, 0) is 32.2 Å². The highest BCUT2D eigenvalue weighted by molar-refractivity contribution is 5.84. The Morgan fingerprint density at radius 2 is 2.04 bits per heavy atom. The van der Waals surface area contributed by atoms with E-state index in [0.29, 0.717) is 45.5 Å². The van der Waals surface area contributed by atoms with Crippen LogP contribution in [0.3, 0.4) is 0 Å². The molecule has 1 amide bonds. The first kappa shape index (κ1) is 20.7. The van der Waals surface area contributed by atoms with Crippen molar-refractivity contribution in [3.8, 4) is 0 Å². The first-order valence-electron chi connectivity index (χ1n) is 10.2. The van der Waals surface area contributed by atoms with Crippen molar-refractivity contribution in [2.24, 2.45) is 0 Å². The number of aromatic nitrogens is 4. The standard InChI is InChI=1S/C18H30N6O4/c1-2-28-18(26)15-6-3-4-8-23(15)17(25)7-5-9-24-16(19-20-21-24)14-22-10-12-27-13-11-22/h15H,2-14H2,1H3/t15-/m1/s1. The van der Waals surface area contributed by atoms with E-state index in [1.165, 1.54) is 0 Å². The molecule has 2 aliphatic rings.